The van der Waals surface area contributed by atoms with Crippen molar-refractivity contribution in [3.8, 4) is 0 Å². The Morgan fingerprint density at radius 1 is 1.07 bits per heavy atom. The number of nitrogens with one attached hydrogen (secondary N) is 1. The van der Waals surface area contributed by atoms with Crippen LogP contribution in [0, 0.1) is 13.8 Å². The second-order valence-electron chi connectivity index (χ2n) is 7.83. The highest BCUT2D eigenvalue weighted by Crippen LogP contribution is 2.42. The van der Waals surface area contributed by atoms with Crippen molar-refractivity contribution in [2.24, 2.45) is 0 Å². The van der Waals surface area contributed by atoms with E-state index in [1.807, 2.05) is 18.3 Å². The summed E-state index contributed by atoms with van der Waals surface area (Å²) in [5.41, 5.74) is 5.82. The number of aromatic nitrogens is 2. The first kappa shape index (κ1) is 18.7. The zero-order chi connectivity index (χ0) is 19.8. The normalized spacial score (nSPS) is 19.3. The first-order chi connectivity index (χ1) is 13.4. The predicted octanol–water partition coefficient (Wildman–Crippen LogP) is 5.26. The van der Waals surface area contributed by atoms with Gasteiger partial charge in [-0.25, -0.2) is 0 Å². The van der Waals surface area contributed by atoms with E-state index in [4.69, 9.17) is 12.2 Å². The van der Waals surface area contributed by atoms with E-state index in [0.29, 0.717) is 6.04 Å². The molecule has 0 aliphatic carbocycles. The molecule has 144 valence electrons. The number of hydrogen-bond acceptors (Lipinski definition) is 2. The van der Waals surface area contributed by atoms with E-state index in [0.717, 1.165) is 16.5 Å². The lowest BCUT2D eigenvalue weighted by atomic mass is 9.98. The van der Waals surface area contributed by atoms with Crippen molar-refractivity contribution in [3.05, 3.63) is 83.4 Å². The SMILES string of the molecule is Cc1cc(C)cc(N2C(=S)N[C@@H](c3ccccn3)[C@H]2c2ccn(C(C)C)c2)c1. The van der Waals surface area contributed by atoms with Crippen LogP contribution in [-0.4, -0.2) is 14.7 Å². The van der Waals surface area contributed by atoms with Crippen molar-refractivity contribution in [1.29, 1.82) is 0 Å². The van der Waals surface area contributed by atoms with E-state index in [1.165, 1.54) is 16.7 Å². The van der Waals surface area contributed by atoms with Gasteiger partial charge in [0.1, 0.15) is 0 Å². The van der Waals surface area contributed by atoms with Crippen molar-refractivity contribution in [1.82, 2.24) is 14.9 Å². The molecule has 1 saturated heterocycles. The number of nitrogens with zero attached hydrogens (tertiary/aromatic N) is 3. The molecule has 4 rings (SSSR count). The molecule has 28 heavy (non-hydrogen) atoms. The van der Waals surface area contributed by atoms with Crippen LogP contribution >= 0.6 is 12.2 Å². The lowest BCUT2D eigenvalue weighted by Gasteiger charge is -2.28. The van der Waals surface area contributed by atoms with Crippen LogP contribution in [0.15, 0.2) is 61.1 Å². The molecule has 1 aliphatic heterocycles. The number of aryl methyl sites for hydroxylation is 2. The van der Waals surface area contributed by atoms with Crippen LogP contribution in [0.2, 0.25) is 0 Å². The molecular formula is C23H26N4S. The fraction of sp³-hybridized carbons (Fsp3) is 0.304. The Balaban J connectivity index is 1.84. The summed E-state index contributed by atoms with van der Waals surface area (Å²) in [6.07, 6.45) is 6.23. The van der Waals surface area contributed by atoms with Gasteiger partial charge < -0.3 is 14.8 Å². The predicted molar refractivity (Wildman–Crippen MR) is 119 cm³/mol. The molecule has 1 aliphatic rings. The largest absolute Gasteiger partial charge is 0.351 e. The summed E-state index contributed by atoms with van der Waals surface area (Å²) in [4.78, 5) is 6.87. The Bertz CT molecular complexity index is 973. The highest BCUT2D eigenvalue weighted by atomic mass is 32.1. The summed E-state index contributed by atoms with van der Waals surface area (Å²) in [5, 5.41) is 4.27. The van der Waals surface area contributed by atoms with Gasteiger partial charge in [0, 0.05) is 30.3 Å². The summed E-state index contributed by atoms with van der Waals surface area (Å²) < 4.78 is 2.24. The average molecular weight is 391 g/mol. The van der Waals surface area contributed by atoms with Gasteiger partial charge in [0.2, 0.25) is 0 Å². The van der Waals surface area contributed by atoms with E-state index in [9.17, 15) is 0 Å². The molecule has 1 aromatic carbocycles. The van der Waals surface area contributed by atoms with Gasteiger partial charge in [0.15, 0.2) is 5.11 Å². The minimum atomic E-state index is -0.00229. The van der Waals surface area contributed by atoms with Crippen LogP contribution in [0.3, 0.4) is 0 Å². The number of pyridine rings is 1. The third kappa shape index (κ3) is 3.42. The van der Waals surface area contributed by atoms with Crippen LogP contribution < -0.4 is 10.2 Å². The maximum Gasteiger partial charge on any atom is 0.174 e. The maximum absolute atomic E-state index is 5.80. The van der Waals surface area contributed by atoms with Crippen LogP contribution in [0.4, 0.5) is 5.69 Å². The van der Waals surface area contributed by atoms with Gasteiger partial charge in [-0.05, 0) is 86.9 Å². The molecule has 0 spiro atoms. The Kier molecular flexibility index (Phi) is 4.94. The Morgan fingerprint density at radius 3 is 2.43 bits per heavy atom. The molecule has 3 aromatic rings. The van der Waals surface area contributed by atoms with Crippen LogP contribution in [0.1, 0.15) is 54.4 Å². The fourth-order valence-electron chi connectivity index (χ4n) is 3.99. The van der Waals surface area contributed by atoms with Gasteiger partial charge in [0.25, 0.3) is 0 Å². The first-order valence-corrected chi connectivity index (χ1v) is 10.1. The smallest absolute Gasteiger partial charge is 0.174 e. The van der Waals surface area contributed by atoms with Crippen molar-refractivity contribution in [2.75, 3.05) is 4.90 Å². The molecule has 5 heteroatoms. The van der Waals surface area contributed by atoms with Gasteiger partial charge in [-0.15, -0.1) is 0 Å². The Hall–Kier alpha value is -2.66. The highest BCUT2D eigenvalue weighted by Gasteiger charge is 2.41. The summed E-state index contributed by atoms with van der Waals surface area (Å²) in [6.45, 7) is 8.64. The molecule has 0 unspecified atom stereocenters. The number of rotatable bonds is 4. The molecule has 3 heterocycles. The number of thiocarbonyl (C=S) groups is 1. The van der Waals surface area contributed by atoms with Crippen molar-refractivity contribution in [3.63, 3.8) is 0 Å². The number of hydrogen-bond donors (Lipinski definition) is 1. The van der Waals surface area contributed by atoms with Crippen molar-refractivity contribution in [2.45, 2.75) is 45.8 Å². The Labute approximate surface area is 172 Å². The van der Waals surface area contributed by atoms with Gasteiger partial charge in [0.05, 0.1) is 17.8 Å². The van der Waals surface area contributed by atoms with Crippen LogP contribution in [-0.2, 0) is 0 Å². The fourth-order valence-corrected chi connectivity index (χ4v) is 4.33. The van der Waals surface area contributed by atoms with Gasteiger partial charge in [-0.1, -0.05) is 12.1 Å². The van der Waals surface area contributed by atoms with Crippen molar-refractivity contribution < 1.29 is 0 Å². The molecule has 0 amide bonds. The summed E-state index contributed by atoms with van der Waals surface area (Å²) in [5.74, 6) is 0. The minimum Gasteiger partial charge on any atom is -0.351 e. The average Bonchev–Trinajstić information content (AvgIpc) is 3.26. The highest BCUT2D eigenvalue weighted by molar-refractivity contribution is 7.80. The molecule has 0 saturated carbocycles. The minimum absolute atomic E-state index is 0.00229. The van der Waals surface area contributed by atoms with Crippen LogP contribution in [0.25, 0.3) is 0 Å². The van der Waals surface area contributed by atoms with E-state index in [1.54, 1.807) is 0 Å². The maximum atomic E-state index is 5.80. The van der Waals surface area contributed by atoms with Gasteiger partial charge in [-0.2, -0.15) is 0 Å². The topological polar surface area (TPSA) is 33.1 Å². The summed E-state index contributed by atoms with van der Waals surface area (Å²) in [6, 6.07) is 15.3. The molecule has 1 fully saturated rings. The van der Waals surface area contributed by atoms with Crippen molar-refractivity contribution >= 4 is 23.0 Å². The molecule has 0 bridgehead atoms. The van der Waals surface area contributed by atoms with E-state index in [2.05, 4.69) is 90.2 Å². The van der Waals surface area contributed by atoms with Gasteiger partial charge >= 0.3 is 0 Å². The first-order valence-electron chi connectivity index (χ1n) is 9.70. The molecule has 0 radical (unpaired) electrons. The van der Waals surface area contributed by atoms with E-state index in [-0.39, 0.29) is 12.1 Å². The third-order valence-electron chi connectivity index (χ3n) is 5.26. The summed E-state index contributed by atoms with van der Waals surface area (Å²) in [7, 11) is 0. The quantitative estimate of drug-likeness (QED) is 0.616. The number of benzene rings is 1. The van der Waals surface area contributed by atoms with Gasteiger partial charge in [-0.3, -0.25) is 4.98 Å². The second-order valence-corrected chi connectivity index (χ2v) is 8.22. The lowest BCUT2D eigenvalue weighted by Crippen LogP contribution is -2.29. The standard InChI is InChI=1S/C23H26N4S/c1-15(2)26-10-8-18(14-26)22-21(20-7-5-6-9-24-20)25-23(28)27(22)19-12-16(3)11-17(4)13-19/h5-15,21-22H,1-4H3,(H,25,28)/t21-,22+/m0/s1. The van der Waals surface area contributed by atoms with E-state index < -0.39 is 0 Å². The molecular weight excluding hydrogens is 364 g/mol. The zero-order valence-corrected chi connectivity index (χ0v) is 17.6. The van der Waals surface area contributed by atoms with Crippen LogP contribution in [0.5, 0.6) is 0 Å². The molecule has 4 nitrogen and oxygen atoms in total. The summed E-state index contributed by atoms with van der Waals surface area (Å²) >= 11 is 5.80. The molecule has 1 N–H and O–H groups in total. The Morgan fingerprint density at radius 2 is 1.82 bits per heavy atom. The monoisotopic (exact) mass is 390 g/mol. The second kappa shape index (κ2) is 7.40. The molecule has 2 aromatic heterocycles. The zero-order valence-electron chi connectivity index (χ0n) is 16.8. The molecule has 2 atom stereocenters. The number of anilines is 1. The van der Waals surface area contributed by atoms with E-state index >= 15 is 0 Å². The lowest BCUT2D eigenvalue weighted by molar-refractivity contribution is 0.560. The third-order valence-corrected chi connectivity index (χ3v) is 5.57.